The molecule has 0 spiro atoms. The van der Waals surface area contributed by atoms with Gasteiger partial charge < -0.3 is 14.5 Å². The fourth-order valence-corrected chi connectivity index (χ4v) is 9.55. The molecule has 0 atom stereocenters. The largest absolute Gasteiger partial charge is 0.355 e. The molecule has 3 nitrogen and oxygen atoms in total. The highest BCUT2D eigenvalue weighted by Gasteiger charge is 2.15. The summed E-state index contributed by atoms with van der Waals surface area (Å²) in [6.07, 6.45) is 6.41. The Labute approximate surface area is 368 Å². The molecule has 11 aromatic rings. The molecule has 0 aliphatic rings. The van der Waals surface area contributed by atoms with Gasteiger partial charge in [-0.15, -0.1) is 0 Å². The van der Waals surface area contributed by atoms with Gasteiger partial charge in [0.1, 0.15) is 0 Å². The molecule has 0 saturated carbocycles. The van der Waals surface area contributed by atoms with Gasteiger partial charge in [-0.2, -0.15) is 0 Å². The zero-order valence-electron chi connectivity index (χ0n) is 35.6. The Bertz CT molecular complexity index is 3590. The van der Waals surface area contributed by atoms with Gasteiger partial charge in [-0.25, -0.2) is 0 Å². The minimum absolute atomic E-state index is 0.841. The molecule has 0 radical (unpaired) electrons. The van der Waals surface area contributed by atoms with Gasteiger partial charge in [0.25, 0.3) is 0 Å². The highest BCUT2D eigenvalue weighted by atomic mass is 15.0. The van der Waals surface area contributed by atoms with Crippen molar-refractivity contribution < 1.29 is 0 Å². The van der Waals surface area contributed by atoms with Crippen LogP contribution >= 0.6 is 0 Å². The number of nitrogens with zero attached hydrogens (tertiary/aromatic N) is 2. The van der Waals surface area contributed by atoms with Crippen molar-refractivity contribution in [2.24, 2.45) is 0 Å². The second kappa shape index (κ2) is 16.2. The number of rotatable bonds is 9. The Kier molecular flexibility index (Phi) is 9.78. The molecule has 1 N–H and O–H groups in total. The van der Waals surface area contributed by atoms with Crippen molar-refractivity contribution in [3.05, 3.63) is 228 Å². The van der Waals surface area contributed by atoms with Crippen LogP contribution in [0.15, 0.2) is 206 Å². The molecule has 2 aromatic heterocycles. The number of para-hydroxylation sites is 3. The third kappa shape index (κ3) is 6.98. The second-order valence-electron chi connectivity index (χ2n) is 16.5. The number of fused-ring (bicyclic) bond motifs is 5. The first-order chi connectivity index (χ1) is 31.1. The lowest BCUT2D eigenvalue weighted by Gasteiger charge is -2.14. The van der Waals surface area contributed by atoms with Gasteiger partial charge in [0, 0.05) is 49.5 Å². The lowest BCUT2D eigenvalue weighted by atomic mass is 9.98. The monoisotopic (exact) mass is 809 g/mol. The summed E-state index contributed by atoms with van der Waals surface area (Å²) in [5, 5.41) is 12.5. The summed E-state index contributed by atoms with van der Waals surface area (Å²) < 4.78 is 4.80. The van der Waals surface area contributed by atoms with E-state index in [2.05, 4.69) is 247 Å². The number of hydrogen-bond acceptors (Lipinski definition) is 1. The average Bonchev–Trinajstić information content (AvgIpc) is 3.84. The molecule has 0 bridgehead atoms. The van der Waals surface area contributed by atoms with Gasteiger partial charge in [0.05, 0.1) is 16.6 Å². The lowest BCUT2D eigenvalue weighted by molar-refractivity contribution is 1.06. The molecule has 63 heavy (non-hydrogen) atoms. The Morgan fingerprint density at radius 3 is 1.84 bits per heavy atom. The van der Waals surface area contributed by atoms with E-state index in [9.17, 15) is 0 Å². The molecule has 302 valence electrons. The summed E-state index contributed by atoms with van der Waals surface area (Å²) in [5.41, 5.74) is 15.6. The summed E-state index contributed by atoms with van der Waals surface area (Å²) in [7, 11) is 0. The molecule has 11 rings (SSSR count). The molecule has 9 aromatic carbocycles. The van der Waals surface area contributed by atoms with Crippen LogP contribution in [0, 0.1) is 0 Å². The minimum Gasteiger partial charge on any atom is -0.355 e. The third-order valence-electron chi connectivity index (χ3n) is 12.6. The first kappa shape index (κ1) is 38.1. The number of nitrogens with one attached hydrogen (secondary N) is 1. The van der Waals surface area contributed by atoms with Gasteiger partial charge in [-0.3, -0.25) is 0 Å². The van der Waals surface area contributed by atoms with E-state index < -0.39 is 0 Å². The summed E-state index contributed by atoms with van der Waals surface area (Å²) in [6, 6.07) is 75.1. The molecule has 0 saturated heterocycles. The normalized spacial score (nSPS) is 12.3. The zero-order valence-corrected chi connectivity index (χ0v) is 35.6. The van der Waals surface area contributed by atoms with Crippen LogP contribution in [-0.2, 0) is 6.42 Å². The first-order valence-electron chi connectivity index (χ1n) is 22.1. The average molecular weight is 810 g/mol. The van der Waals surface area contributed by atoms with E-state index in [0.29, 0.717) is 0 Å². The van der Waals surface area contributed by atoms with Gasteiger partial charge in [0.15, 0.2) is 0 Å². The molecular weight excluding hydrogens is 763 g/mol. The maximum absolute atomic E-state index is 3.75. The quantitative estimate of drug-likeness (QED) is 0.154. The van der Waals surface area contributed by atoms with E-state index in [-0.39, 0.29) is 0 Å². The fourth-order valence-electron chi connectivity index (χ4n) is 9.55. The summed E-state index contributed by atoms with van der Waals surface area (Å²) in [4.78, 5) is 0. The number of anilines is 2. The van der Waals surface area contributed by atoms with Crippen LogP contribution in [0.2, 0.25) is 0 Å². The van der Waals surface area contributed by atoms with Crippen molar-refractivity contribution >= 4 is 67.0 Å². The van der Waals surface area contributed by atoms with E-state index in [0.717, 1.165) is 29.9 Å². The van der Waals surface area contributed by atoms with Gasteiger partial charge in [-0.05, 0) is 143 Å². The van der Waals surface area contributed by atoms with Crippen LogP contribution in [0.1, 0.15) is 31.4 Å². The SMILES string of the molecule is C/C=c1\c(=C/CC)n(-c2ccc(Nc3ccccc3Cc3ccc(-c4ccc5ccccc5c4)cc3)cc2)c2ccc(-c3ccc4c(c3)c3ccccc3n4-c3ccccc3)cc12. The smallest absolute Gasteiger partial charge is 0.0541 e. The van der Waals surface area contributed by atoms with Crippen molar-refractivity contribution in [3.63, 3.8) is 0 Å². The van der Waals surface area contributed by atoms with Crippen molar-refractivity contribution in [1.29, 1.82) is 0 Å². The third-order valence-corrected chi connectivity index (χ3v) is 12.6. The Morgan fingerprint density at radius 1 is 0.460 bits per heavy atom. The Balaban J connectivity index is 0.888. The van der Waals surface area contributed by atoms with Crippen molar-refractivity contribution in [2.75, 3.05) is 5.32 Å². The number of hydrogen-bond donors (Lipinski definition) is 1. The standard InChI is InChI=1S/C60H47N3/c1-3-14-57-52(4-2)54-39-46(47-30-36-60-55(40-47)53-20-11-13-22-58(53)62(60)50-18-6-5-7-19-50)29-35-59(54)63(57)51-33-31-49(32-34-51)61-56-21-12-10-17-48(56)37-41-23-25-43(26-24-41)45-28-27-42-15-8-9-16-44(42)38-45/h4-36,38-40,61H,3,37H2,1-2H3/b52-4-,57-14+. The number of benzene rings is 9. The van der Waals surface area contributed by atoms with E-state index >= 15 is 0 Å². The topological polar surface area (TPSA) is 21.9 Å². The maximum Gasteiger partial charge on any atom is 0.0541 e. The lowest BCUT2D eigenvalue weighted by Crippen LogP contribution is -2.28. The zero-order chi connectivity index (χ0) is 42.3. The van der Waals surface area contributed by atoms with Gasteiger partial charge in [-0.1, -0.05) is 146 Å². The Morgan fingerprint density at radius 2 is 1.06 bits per heavy atom. The molecule has 2 heterocycles. The van der Waals surface area contributed by atoms with E-state index in [1.165, 1.54) is 93.1 Å². The van der Waals surface area contributed by atoms with Crippen LogP contribution < -0.4 is 15.9 Å². The molecule has 0 fully saturated rings. The Hall–Kier alpha value is -7.88. The number of aromatic nitrogens is 2. The van der Waals surface area contributed by atoms with Crippen LogP contribution in [0.25, 0.3) is 89.3 Å². The second-order valence-corrected chi connectivity index (χ2v) is 16.5. The fraction of sp³-hybridized carbons (Fsp3) is 0.0667. The molecule has 0 amide bonds. The van der Waals surface area contributed by atoms with Crippen LogP contribution in [0.4, 0.5) is 11.4 Å². The molecule has 0 aliphatic carbocycles. The molecule has 3 heteroatoms. The van der Waals surface area contributed by atoms with Crippen LogP contribution in [-0.4, -0.2) is 9.13 Å². The van der Waals surface area contributed by atoms with Crippen molar-refractivity contribution in [1.82, 2.24) is 9.13 Å². The molecular formula is C60H47N3. The predicted molar refractivity (Wildman–Crippen MR) is 269 cm³/mol. The van der Waals surface area contributed by atoms with Crippen LogP contribution in [0.3, 0.4) is 0 Å². The predicted octanol–water partition coefficient (Wildman–Crippen LogP) is 14.5. The van der Waals surface area contributed by atoms with Gasteiger partial charge >= 0.3 is 0 Å². The van der Waals surface area contributed by atoms with Gasteiger partial charge in [0.2, 0.25) is 0 Å². The highest BCUT2D eigenvalue weighted by Crippen LogP contribution is 2.36. The minimum atomic E-state index is 0.841. The first-order valence-corrected chi connectivity index (χ1v) is 22.1. The summed E-state index contributed by atoms with van der Waals surface area (Å²) in [5.74, 6) is 0. The van der Waals surface area contributed by atoms with E-state index in [4.69, 9.17) is 0 Å². The van der Waals surface area contributed by atoms with Crippen molar-refractivity contribution in [3.8, 4) is 33.6 Å². The molecule has 0 unspecified atom stereocenters. The van der Waals surface area contributed by atoms with E-state index in [1.807, 2.05) is 0 Å². The summed E-state index contributed by atoms with van der Waals surface area (Å²) in [6.45, 7) is 4.38. The molecule has 0 aliphatic heterocycles. The van der Waals surface area contributed by atoms with Crippen molar-refractivity contribution in [2.45, 2.75) is 26.7 Å². The summed E-state index contributed by atoms with van der Waals surface area (Å²) >= 11 is 0. The maximum atomic E-state index is 3.75. The van der Waals surface area contributed by atoms with Crippen LogP contribution in [0.5, 0.6) is 0 Å². The van der Waals surface area contributed by atoms with E-state index in [1.54, 1.807) is 0 Å². The highest BCUT2D eigenvalue weighted by molar-refractivity contribution is 6.10.